The minimum atomic E-state index is -0.622. The summed E-state index contributed by atoms with van der Waals surface area (Å²) in [5.74, 6) is -0.357. The molecule has 0 aliphatic heterocycles. The van der Waals surface area contributed by atoms with E-state index in [1.54, 1.807) is 0 Å². The smallest absolute Gasteiger partial charge is 0.324 e. The van der Waals surface area contributed by atoms with Crippen molar-refractivity contribution in [2.24, 2.45) is 5.92 Å². The first-order valence-corrected chi connectivity index (χ1v) is 7.00. The molecule has 0 aromatic heterocycles. The fraction of sp³-hybridized carbons (Fsp3) is 0.929. The third kappa shape index (κ3) is 3.01. The van der Waals surface area contributed by atoms with Gasteiger partial charge >= 0.3 is 5.97 Å². The van der Waals surface area contributed by atoms with Gasteiger partial charge in [-0.3, -0.25) is 9.69 Å². The standard InChI is InChI=1S/C14H27NO2/c1-4-5-8-11-15(3)14(13(16)17)10-7-6-9-12(14)2/h12H,4-11H2,1-3H3,(H,16,17). The number of hydrogen-bond donors (Lipinski definition) is 1. The third-order valence-corrected chi connectivity index (χ3v) is 4.41. The Morgan fingerprint density at radius 1 is 1.41 bits per heavy atom. The lowest BCUT2D eigenvalue weighted by Crippen LogP contribution is -2.58. The predicted molar refractivity (Wildman–Crippen MR) is 70.2 cm³/mol. The van der Waals surface area contributed by atoms with Crippen LogP contribution in [0.2, 0.25) is 0 Å². The van der Waals surface area contributed by atoms with Gasteiger partial charge in [-0.2, -0.15) is 0 Å². The maximum absolute atomic E-state index is 11.7. The first-order chi connectivity index (χ1) is 8.05. The Kier molecular flexibility index (Phi) is 5.44. The average Bonchev–Trinajstić information content (AvgIpc) is 2.29. The molecule has 1 N–H and O–H groups in total. The van der Waals surface area contributed by atoms with Gasteiger partial charge in [-0.1, -0.05) is 39.5 Å². The molecule has 3 nitrogen and oxygen atoms in total. The van der Waals surface area contributed by atoms with Crippen LogP contribution in [0.3, 0.4) is 0 Å². The van der Waals surface area contributed by atoms with Gasteiger partial charge in [-0.25, -0.2) is 0 Å². The van der Waals surface area contributed by atoms with Gasteiger partial charge in [0.25, 0.3) is 0 Å². The summed E-state index contributed by atoms with van der Waals surface area (Å²) in [5, 5.41) is 9.64. The number of carboxylic acids is 1. The van der Waals surface area contributed by atoms with E-state index >= 15 is 0 Å². The molecule has 1 fully saturated rings. The minimum absolute atomic E-state index is 0.264. The second kappa shape index (κ2) is 6.39. The normalized spacial score (nSPS) is 29.5. The van der Waals surface area contributed by atoms with Crippen molar-refractivity contribution in [3.8, 4) is 0 Å². The Labute approximate surface area is 105 Å². The Morgan fingerprint density at radius 2 is 2.12 bits per heavy atom. The second-order valence-corrected chi connectivity index (χ2v) is 5.50. The lowest BCUT2D eigenvalue weighted by atomic mass is 9.72. The highest BCUT2D eigenvalue weighted by Crippen LogP contribution is 2.38. The first-order valence-electron chi connectivity index (χ1n) is 7.00. The second-order valence-electron chi connectivity index (χ2n) is 5.50. The summed E-state index contributed by atoms with van der Waals surface area (Å²) in [5.41, 5.74) is -0.605. The van der Waals surface area contributed by atoms with Crippen LogP contribution >= 0.6 is 0 Å². The average molecular weight is 241 g/mol. The van der Waals surface area contributed by atoms with E-state index in [9.17, 15) is 9.90 Å². The third-order valence-electron chi connectivity index (χ3n) is 4.41. The molecule has 17 heavy (non-hydrogen) atoms. The summed E-state index contributed by atoms with van der Waals surface area (Å²) in [6.45, 7) is 5.18. The molecule has 0 aromatic carbocycles. The van der Waals surface area contributed by atoms with Crippen molar-refractivity contribution in [2.75, 3.05) is 13.6 Å². The Bertz CT molecular complexity index is 255. The number of carbonyl (C=O) groups is 1. The zero-order chi connectivity index (χ0) is 12.9. The van der Waals surface area contributed by atoms with Gasteiger partial charge in [0.1, 0.15) is 5.54 Å². The quantitative estimate of drug-likeness (QED) is 0.726. The van der Waals surface area contributed by atoms with Crippen LogP contribution < -0.4 is 0 Å². The van der Waals surface area contributed by atoms with Crippen LogP contribution in [0.1, 0.15) is 58.8 Å². The molecule has 1 aliphatic rings. The highest BCUT2D eigenvalue weighted by molar-refractivity contribution is 5.79. The Morgan fingerprint density at radius 3 is 2.65 bits per heavy atom. The van der Waals surface area contributed by atoms with E-state index in [-0.39, 0.29) is 5.92 Å². The van der Waals surface area contributed by atoms with Gasteiger partial charge < -0.3 is 5.11 Å². The molecule has 0 aromatic rings. The fourth-order valence-electron chi connectivity index (χ4n) is 3.18. The van der Waals surface area contributed by atoms with Gasteiger partial charge in [0.2, 0.25) is 0 Å². The number of hydrogen-bond acceptors (Lipinski definition) is 2. The summed E-state index contributed by atoms with van der Waals surface area (Å²) in [4.78, 5) is 13.8. The van der Waals surface area contributed by atoms with Gasteiger partial charge in [0, 0.05) is 0 Å². The monoisotopic (exact) mass is 241 g/mol. The van der Waals surface area contributed by atoms with E-state index in [0.29, 0.717) is 0 Å². The van der Waals surface area contributed by atoms with E-state index in [0.717, 1.165) is 32.2 Å². The van der Waals surface area contributed by atoms with E-state index in [2.05, 4.69) is 18.7 Å². The number of unbranched alkanes of at least 4 members (excludes halogenated alkanes) is 2. The van der Waals surface area contributed by atoms with Crippen molar-refractivity contribution in [3.63, 3.8) is 0 Å². The molecular weight excluding hydrogens is 214 g/mol. The number of aliphatic carboxylic acids is 1. The summed E-state index contributed by atoms with van der Waals surface area (Å²) < 4.78 is 0. The summed E-state index contributed by atoms with van der Waals surface area (Å²) >= 11 is 0. The van der Waals surface area contributed by atoms with Crippen molar-refractivity contribution < 1.29 is 9.90 Å². The van der Waals surface area contributed by atoms with Crippen LogP contribution in [0.5, 0.6) is 0 Å². The van der Waals surface area contributed by atoms with Crippen LogP contribution in [0.15, 0.2) is 0 Å². The molecule has 0 amide bonds. The first kappa shape index (κ1) is 14.5. The highest BCUT2D eigenvalue weighted by Gasteiger charge is 2.47. The van der Waals surface area contributed by atoms with Gasteiger partial charge in [-0.05, 0) is 38.8 Å². The number of rotatable bonds is 6. The minimum Gasteiger partial charge on any atom is -0.480 e. The maximum Gasteiger partial charge on any atom is 0.324 e. The van der Waals surface area contributed by atoms with Crippen molar-refractivity contribution in [1.82, 2.24) is 4.90 Å². The molecule has 100 valence electrons. The zero-order valence-electron chi connectivity index (χ0n) is 11.5. The molecule has 1 rings (SSSR count). The Balaban J connectivity index is 2.72. The molecule has 3 heteroatoms. The fourth-order valence-corrected chi connectivity index (χ4v) is 3.18. The van der Waals surface area contributed by atoms with E-state index in [1.165, 1.54) is 19.3 Å². The summed E-state index contributed by atoms with van der Waals surface area (Å²) in [7, 11) is 1.99. The molecule has 1 aliphatic carbocycles. The SMILES string of the molecule is CCCCCN(C)C1(C(=O)O)CCCCC1C. The van der Waals surface area contributed by atoms with Crippen LogP contribution in [0.25, 0.3) is 0 Å². The topological polar surface area (TPSA) is 40.5 Å². The number of carboxylic acid groups (broad SMARTS) is 1. The van der Waals surface area contributed by atoms with Crippen LogP contribution in [0.4, 0.5) is 0 Å². The van der Waals surface area contributed by atoms with E-state index in [1.807, 2.05) is 7.05 Å². The molecule has 2 atom stereocenters. The van der Waals surface area contributed by atoms with Gasteiger partial charge in [0.15, 0.2) is 0 Å². The molecule has 0 heterocycles. The van der Waals surface area contributed by atoms with E-state index < -0.39 is 11.5 Å². The van der Waals surface area contributed by atoms with E-state index in [4.69, 9.17) is 0 Å². The summed E-state index contributed by atoms with van der Waals surface area (Å²) in [6.07, 6.45) is 7.57. The lowest BCUT2D eigenvalue weighted by molar-refractivity contribution is -0.157. The highest BCUT2D eigenvalue weighted by atomic mass is 16.4. The summed E-state index contributed by atoms with van der Waals surface area (Å²) in [6, 6.07) is 0. The van der Waals surface area contributed by atoms with Crippen molar-refractivity contribution >= 4 is 5.97 Å². The molecule has 0 saturated heterocycles. The molecular formula is C14H27NO2. The molecule has 0 bridgehead atoms. The largest absolute Gasteiger partial charge is 0.480 e. The zero-order valence-corrected chi connectivity index (χ0v) is 11.5. The van der Waals surface area contributed by atoms with Crippen LogP contribution in [-0.2, 0) is 4.79 Å². The van der Waals surface area contributed by atoms with Crippen LogP contribution in [0, 0.1) is 5.92 Å². The number of nitrogens with zero attached hydrogens (tertiary/aromatic N) is 1. The van der Waals surface area contributed by atoms with Gasteiger partial charge in [-0.15, -0.1) is 0 Å². The molecule has 0 radical (unpaired) electrons. The van der Waals surface area contributed by atoms with Crippen molar-refractivity contribution in [2.45, 2.75) is 64.3 Å². The van der Waals surface area contributed by atoms with Crippen molar-refractivity contribution in [3.05, 3.63) is 0 Å². The number of likely N-dealkylation sites (N-methyl/N-ethyl adjacent to an activating group) is 1. The molecule has 0 spiro atoms. The maximum atomic E-state index is 11.7. The van der Waals surface area contributed by atoms with Gasteiger partial charge in [0.05, 0.1) is 0 Å². The predicted octanol–water partition coefficient (Wildman–Crippen LogP) is 3.14. The van der Waals surface area contributed by atoms with Crippen molar-refractivity contribution in [1.29, 1.82) is 0 Å². The lowest BCUT2D eigenvalue weighted by Gasteiger charge is -2.45. The van der Waals surface area contributed by atoms with Crippen LogP contribution in [-0.4, -0.2) is 35.1 Å². The molecule has 2 unspecified atom stereocenters. The Hall–Kier alpha value is -0.570. The molecule has 1 saturated carbocycles.